The zero-order valence-corrected chi connectivity index (χ0v) is 26.9. The molecule has 0 saturated carbocycles. The lowest BCUT2D eigenvalue weighted by Gasteiger charge is -2.34. The number of sulfonamides is 1. The molecule has 0 saturated heterocycles. The van der Waals surface area contributed by atoms with Crippen molar-refractivity contribution in [2.45, 2.75) is 50.6 Å². The maximum absolute atomic E-state index is 14.4. The van der Waals surface area contributed by atoms with Crippen molar-refractivity contribution in [2.75, 3.05) is 17.4 Å². The SMILES string of the molecule is CCCCNC(=O)[C@@H](Cc1ccccc1)N(Cc1ccccc1Cl)C(=O)CN(c1ccc(F)cc1)S(=O)(=O)c1ccc(C)cc1. The lowest BCUT2D eigenvalue weighted by molar-refractivity contribution is -0.140. The van der Waals surface area contributed by atoms with E-state index in [1.165, 1.54) is 29.2 Å². The van der Waals surface area contributed by atoms with Gasteiger partial charge in [-0.2, -0.15) is 0 Å². The second-order valence-electron chi connectivity index (χ2n) is 10.8. The Morgan fingerprint density at radius 1 is 0.889 bits per heavy atom. The third-order valence-electron chi connectivity index (χ3n) is 7.40. The van der Waals surface area contributed by atoms with Crippen LogP contribution in [0.2, 0.25) is 5.02 Å². The molecule has 0 spiro atoms. The second-order valence-corrected chi connectivity index (χ2v) is 13.0. The molecule has 0 aliphatic heterocycles. The predicted octanol–water partition coefficient (Wildman–Crippen LogP) is 6.54. The number of hydrogen-bond donors (Lipinski definition) is 1. The van der Waals surface area contributed by atoms with Crippen LogP contribution < -0.4 is 9.62 Å². The highest BCUT2D eigenvalue weighted by Gasteiger charge is 2.34. The van der Waals surface area contributed by atoms with E-state index >= 15 is 0 Å². The number of aryl methyl sites for hydroxylation is 1. The van der Waals surface area contributed by atoms with Gasteiger partial charge in [-0.05, 0) is 66.9 Å². The van der Waals surface area contributed by atoms with Crippen LogP contribution in [0.4, 0.5) is 10.1 Å². The first-order valence-electron chi connectivity index (χ1n) is 14.8. The Kier molecular flexibility index (Phi) is 11.7. The molecule has 0 aliphatic rings. The molecular weight excluding hydrogens is 613 g/mol. The summed E-state index contributed by atoms with van der Waals surface area (Å²) in [5, 5.41) is 3.36. The number of rotatable bonds is 14. The van der Waals surface area contributed by atoms with Crippen LogP contribution in [0, 0.1) is 12.7 Å². The van der Waals surface area contributed by atoms with E-state index in [2.05, 4.69) is 5.32 Å². The number of nitrogens with zero attached hydrogens (tertiary/aromatic N) is 2. The molecule has 0 heterocycles. The number of anilines is 1. The monoisotopic (exact) mass is 649 g/mol. The molecule has 4 aromatic rings. The predicted molar refractivity (Wildman–Crippen MR) is 176 cm³/mol. The van der Waals surface area contributed by atoms with E-state index in [0.717, 1.165) is 40.4 Å². The fraction of sp³-hybridized carbons (Fsp3) is 0.257. The molecule has 4 aromatic carbocycles. The molecule has 1 N–H and O–H groups in total. The molecule has 0 radical (unpaired) electrons. The standard InChI is InChI=1S/C35H37ClFN3O4S/c1-3-4-22-38-35(42)33(23-27-10-6-5-7-11-27)39(24-28-12-8-9-13-32(28)36)34(41)25-40(30-18-16-29(37)17-19-30)45(43,44)31-20-14-26(2)15-21-31/h5-21,33H,3-4,22-25H2,1-2H3,(H,38,42)/t33-/m1/s1. The summed E-state index contributed by atoms with van der Waals surface area (Å²) >= 11 is 6.52. The molecular formula is C35H37ClFN3O4S. The van der Waals surface area contributed by atoms with E-state index in [1.54, 1.807) is 36.4 Å². The number of amides is 2. The Hall–Kier alpha value is -4.21. The van der Waals surface area contributed by atoms with E-state index < -0.39 is 34.3 Å². The Morgan fingerprint density at radius 3 is 2.18 bits per heavy atom. The van der Waals surface area contributed by atoms with E-state index in [4.69, 9.17) is 11.6 Å². The Morgan fingerprint density at radius 2 is 1.53 bits per heavy atom. The van der Waals surface area contributed by atoms with Gasteiger partial charge in [0.15, 0.2) is 0 Å². The molecule has 4 rings (SSSR count). The lowest BCUT2D eigenvalue weighted by Crippen LogP contribution is -2.53. The zero-order valence-electron chi connectivity index (χ0n) is 25.3. The van der Waals surface area contributed by atoms with Crippen LogP contribution in [0.15, 0.2) is 108 Å². The van der Waals surface area contributed by atoms with Gasteiger partial charge in [-0.15, -0.1) is 0 Å². The van der Waals surface area contributed by atoms with Crippen molar-refractivity contribution < 1.29 is 22.4 Å². The number of unbranched alkanes of at least 4 members (excludes halogenated alkanes) is 1. The van der Waals surface area contributed by atoms with Crippen LogP contribution in [-0.4, -0.2) is 44.3 Å². The number of nitrogens with one attached hydrogen (secondary N) is 1. The number of carbonyl (C=O) groups is 2. The van der Waals surface area contributed by atoms with Crippen LogP contribution in [0.3, 0.4) is 0 Å². The summed E-state index contributed by atoms with van der Waals surface area (Å²) in [6.07, 6.45) is 1.82. The summed E-state index contributed by atoms with van der Waals surface area (Å²) in [7, 11) is -4.28. The van der Waals surface area contributed by atoms with E-state index in [9.17, 15) is 22.4 Å². The van der Waals surface area contributed by atoms with Crippen LogP contribution in [0.5, 0.6) is 0 Å². The van der Waals surface area contributed by atoms with Crippen molar-refractivity contribution >= 4 is 39.1 Å². The average Bonchev–Trinajstić information content (AvgIpc) is 3.03. The minimum atomic E-state index is -4.28. The summed E-state index contributed by atoms with van der Waals surface area (Å²) in [6.45, 7) is 3.60. The van der Waals surface area contributed by atoms with Crippen LogP contribution in [-0.2, 0) is 32.6 Å². The minimum absolute atomic E-state index is 0.0268. The fourth-order valence-corrected chi connectivity index (χ4v) is 6.45. The van der Waals surface area contributed by atoms with Crippen molar-refractivity contribution in [1.82, 2.24) is 10.2 Å². The summed E-state index contributed by atoms with van der Waals surface area (Å²) in [5.74, 6) is -1.53. The van der Waals surface area contributed by atoms with E-state index in [1.807, 2.05) is 44.2 Å². The van der Waals surface area contributed by atoms with Crippen molar-refractivity contribution in [3.63, 3.8) is 0 Å². The first-order valence-corrected chi connectivity index (χ1v) is 16.6. The van der Waals surface area contributed by atoms with Gasteiger partial charge in [-0.3, -0.25) is 13.9 Å². The number of carbonyl (C=O) groups excluding carboxylic acids is 2. The van der Waals surface area contributed by atoms with Crippen LogP contribution in [0.1, 0.15) is 36.5 Å². The van der Waals surface area contributed by atoms with E-state index in [0.29, 0.717) is 17.1 Å². The first-order chi connectivity index (χ1) is 21.6. The largest absolute Gasteiger partial charge is 0.354 e. The topological polar surface area (TPSA) is 86.8 Å². The van der Waals surface area contributed by atoms with Gasteiger partial charge in [0.05, 0.1) is 10.6 Å². The molecule has 7 nitrogen and oxygen atoms in total. The van der Waals surface area contributed by atoms with Gasteiger partial charge in [-0.25, -0.2) is 12.8 Å². The number of hydrogen-bond acceptors (Lipinski definition) is 4. The molecule has 1 atom stereocenters. The quantitative estimate of drug-likeness (QED) is 0.157. The van der Waals surface area contributed by atoms with Crippen LogP contribution >= 0.6 is 11.6 Å². The van der Waals surface area contributed by atoms with Gasteiger partial charge in [0, 0.05) is 24.5 Å². The van der Waals surface area contributed by atoms with Crippen molar-refractivity contribution in [2.24, 2.45) is 0 Å². The van der Waals surface area contributed by atoms with Crippen molar-refractivity contribution in [3.8, 4) is 0 Å². The first kappa shape index (κ1) is 33.7. The average molecular weight is 650 g/mol. The molecule has 0 fully saturated rings. The van der Waals surface area contributed by atoms with Crippen molar-refractivity contribution in [1.29, 1.82) is 0 Å². The molecule has 236 valence electrons. The van der Waals surface area contributed by atoms with Gasteiger partial charge in [0.1, 0.15) is 18.4 Å². The zero-order chi connectivity index (χ0) is 32.4. The van der Waals surface area contributed by atoms with Crippen molar-refractivity contribution in [3.05, 3.63) is 131 Å². The Bertz CT molecular complexity index is 1680. The minimum Gasteiger partial charge on any atom is -0.354 e. The Balaban J connectivity index is 1.79. The molecule has 2 amide bonds. The third-order valence-corrected chi connectivity index (χ3v) is 9.56. The molecule has 10 heteroatoms. The Labute approximate surface area is 269 Å². The summed E-state index contributed by atoms with van der Waals surface area (Å²) in [5.41, 5.74) is 2.39. The van der Waals surface area contributed by atoms with E-state index in [-0.39, 0.29) is 29.5 Å². The van der Waals surface area contributed by atoms with Gasteiger partial charge >= 0.3 is 0 Å². The summed E-state index contributed by atoms with van der Waals surface area (Å²) < 4.78 is 42.9. The normalized spacial score (nSPS) is 11.9. The fourth-order valence-electron chi connectivity index (χ4n) is 4.84. The molecule has 0 aromatic heterocycles. The lowest BCUT2D eigenvalue weighted by atomic mass is 10.0. The van der Waals surface area contributed by atoms with Crippen LogP contribution in [0.25, 0.3) is 0 Å². The summed E-state index contributed by atoms with van der Waals surface area (Å²) in [4.78, 5) is 29.6. The highest BCUT2D eigenvalue weighted by atomic mass is 35.5. The highest BCUT2D eigenvalue weighted by molar-refractivity contribution is 7.92. The third kappa shape index (κ3) is 8.93. The highest BCUT2D eigenvalue weighted by Crippen LogP contribution is 2.26. The molecule has 0 unspecified atom stereocenters. The summed E-state index contributed by atoms with van der Waals surface area (Å²) in [6, 6.07) is 26.5. The maximum atomic E-state index is 14.4. The molecule has 0 aliphatic carbocycles. The molecule has 45 heavy (non-hydrogen) atoms. The maximum Gasteiger partial charge on any atom is 0.264 e. The van der Waals surface area contributed by atoms with Gasteiger partial charge in [0.25, 0.3) is 10.0 Å². The smallest absolute Gasteiger partial charge is 0.264 e. The van der Waals surface area contributed by atoms with Gasteiger partial charge in [0.2, 0.25) is 11.8 Å². The number of benzene rings is 4. The number of halogens is 2. The molecule has 0 bridgehead atoms. The van der Waals surface area contributed by atoms with Gasteiger partial charge in [-0.1, -0.05) is 91.2 Å². The van der Waals surface area contributed by atoms with Gasteiger partial charge < -0.3 is 10.2 Å². The second kappa shape index (κ2) is 15.7.